The van der Waals surface area contributed by atoms with Gasteiger partial charge in [-0.3, -0.25) is 4.79 Å². The van der Waals surface area contributed by atoms with E-state index < -0.39 is 6.09 Å². The number of hydrogen-bond donors (Lipinski definition) is 2. The molecule has 15 heteroatoms. The fraction of sp³-hybridized carbons (Fsp3) is 0.276. The molecule has 226 valence electrons. The van der Waals surface area contributed by atoms with Gasteiger partial charge in [0.15, 0.2) is 0 Å². The Balaban J connectivity index is 1.27. The van der Waals surface area contributed by atoms with Gasteiger partial charge in [-0.15, -0.1) is 5.10 Å². The van der Waals surface area contributed by atoms with Crippen molar-refractivity contribution in [2.24, 2.45) is 5.73 Å². The number of primary amides is 1. The number of nitrogens with one attached hydrogen (secondary N) is 1. The summed E-state index contributed by atoms with van der Waals surface area (Å²) >= 11 is 6.33. The molecule has 14 nitrogen and oxygen atoms in total. The van der Waals surface area contributed by atoms with Crippen LogP contribution in [0, 0.1) is 0 Å². The number of ether oxygens (including phenoxy) is 3. The van der Waals surface area contributed by atoms with Crippen LogP contribution < -0.4 is 16.0 Å². The number of benzene rings is 1. The zero-order chi connectivity index (χ0) is 30.6. The molecule has 0 radical (unpaired) electrons. The highest BCUT2D eigenvalue weighted by molar-refractivity contribution is 6.31. The minimum Gasteiger partial charge on any atom is -0.391 e. The highest BCUT2D eigenvalue weighted by atomic mass is 35.5. The van der Waals surface area contributed by atoms with Gasteiger partial charge in [0.1, 0.15) is 12.2 Å². The highest BCUT2D eigenvalue weighted by Gasteiger charge is 2.28. The second-order valence-corrected chi connectivity index (χ2v) is 10.5. The number of halogens is 1. The molecule has 1 aliphatic rings. The molecular formula is C29H28ClN9O5. The van der Waals surface area contributed by atoms with Gasteiger partial charge in [0.25, 0.3) is 5.56 Å². The molecule has 0 bridgehead atoms. The number of imidazole rings is 1. The van der Waals surface area contributed by atoms with Gasteiger partial charge in [0, 0.05) is 53.2 Å². The predicted octanol–water partition coefficient (Wildman–Crippen LogP) is 3.13. The second kappa shape index (κ2) is 12.8. The predicted molar refractivity (Wildman–Crippen MR) is 159 cm³/mol. The first-order valence-corrected chi connectivity index (χ1v) is 14.2. The van der Waals surface area contributed by atoms with Gasteiger partial charge < -0.3 is 29.5 Å². The minimum absolute atomic E-state index is 0.117. The van der Waals surface area contributed by atoms with Crippen LogP contribution in [0.5, 0.6) is 5.88 Å². The van der Waals surface area contributed by atoms with Crippen LogP contribution in [0.1, 0.15) is 29.5 Å². The maximum Gasteiger partial charge on any atom is 0.411 e. The van der Waals surface area contributed by atoms with E-state index in [-0.39, 0.29) is 17.5 Å². The van der Waals surface area contributed by atoms with Crippen LogP contribution in [0.2, 0.25) is 5.02 Å². The number of H-pyrrole nitrogens is 1. The summed E-state index contributed by atoms with van der Waals surface area (Å²) in [6.07, 6.45) is 5.61. The third-order valence-corrected chi connectivity index (χ3v) is 7.53. The molecule has 1 amide bonds. The van der Waals surface area contributed by atoms with Gasteiger partial charge in [0.2, 0.25) is 5.88 Å². The number of carbonyl (C=O) groups excluding carboxylic acids is 1. The van der Waals surface area contributed by atoms with Gasteiger partial charge in [0.05, 0.1) is 43.4 Å². The summed E-state index contributed by atoms with van der Waals surface area (Å²) < 4.78 is 19.0. The normalized spacial score (nSPS) is 14.1. The van der Waals surface area contributed by atoms with Crippen molar-refractivity contribution >= 4 is 17.7 Å². The van der Waals surface area contributed by atoms with E-state index >= 15 is 0 Å². The first-order chi connectivity index (χ1) is 21.4. The van der Waals surface area contributed by atoms with E-state index in [0.29, 0.717) is 66.9 Å². The van der Waals surface area contributed by atoms with Crippen LogP contribution in [0.3, 0.4) is 0 Å². The molecular weight excluding hydrogens is 590 g/mol. The van der Waals surface area contributed by atoms with Crippen LogP contribution >= 0.6 is 11.6 Å². The number of hydrogen-bond acceptors (Lipinski definition) is 10. The van der Waals surface area contributed by atoms with Crippen molar-refractivity contribution in [2.75, 3.05) is 26.9 Å². The summed E-state index contributed by atoms with van der Waals surface area (Å²) in [6, 6.07) is 10.5. The summed E-state index contributed by atoms with van der Waals surface area (Å²) in [5.74, 6) is 0.763. The second-order valence-electron chi connectivity index (χ2n) is 10.1. The van der Waals surface area contributed by atoms with Crippen molar-refractivity contribution in [3.8, 4) is 34.0 Å². The number of aromatic amines is 1. The number of tetrazole rings is 1. The Hall–Kier alpha value is -4.92. The fourth-order valence-electron chi connectivity index (χ4n) is 5.31. The lowest BCUT2D eigenvalue weighted by molar-refractivity contribution is 0.0720. The Morgan fingerprint density at radius 1 is 1.11 bits per heavy atom. The molecule has 1 atom stereocenters. The first-order valence-electron chi connectivity index (χ1n) is 13.8. The summed E-state index contributed by atoms with van der Waals surface area (Å²) in [5.41, 5.74) is 10.2. The molecule has 5 heterocycles. The summed E-state index contributed by atoms with van der Waals surface area (Å²) in [4.78, 5) is 37.2. The number of rotatable bonds is 11. The molecule has 3 N–H and O–H groups in total. The molecule has 44 heavy (non-hydrogen) atoms. The van der Waals surface area contributed by atoms with Gasteiger partial charge >= 0.3 is 6.09 Å². The number of amides is 1. The highest BCUT2D eigenvalue weighted by Crippen LogP contribution is 2.34. The largest absolute Gasteiger partial charge is 0.411 e. The molecule has 4 aromatic heterocycles. The molecule has 0 spiro atoms. The van der Waals surface area contributed by atoms with E-state index in [1.54, 1.807) is 42.3 Å². The molecule has 0 unspecified atom stereocenters. The van der Waals surface area contributed by atoms with Crippen LogP contribution in [0.25, 0.3) is 28.1 Å². The van der Waals surface area contributed by atoms with Crippen LogP contribution in [-0.4, -0.2) is 72.7 Å². The number of aromatic nitrogens is 8. The Morgan fingerprint density at radius 3 is 2.80 bits per heavy atom. The molecule has 0 fully saturated rings. The Kier molecular flexibility index (Phi) is 8.45. The smallest absolute Gasteiger partial charge is 0.391 e. The zero-order valence-electron chi connectivity index (χ0n) is 23.6. The number of pyridine rings is 2. The number of nitrogens with zero attached hydrogens (tertiary/aromatic N) is 7. The quantitative estimate of drug-likeness (QED) is 0.209. The summed E-state index contributed by atoms with van der Waals surface area (Å²) in [6.45, 7) is 1.27. The van der Waals surface area contributed by atoms with Crippen LogP contribution in [-0.2, 0) is 22.3 Å². The summed E-state index contributed by atoms with van der Waals surface area (Å²) in [5, 5.41) is 12.0. The monoisotopic (exact) mass is 617 g/mol. The fourth-order valence-corrected chi connectivity index (χ4v) is 5.48. The Morgan fingerprint density at radius 2 is 2.00 bits per heavy atom. The van der Waals surface area contributed by atoms with Crippen molar-refractivity contribution in [1.82, 2.24) is 39.7 Å². The van der Waals surface area contributed by atoms with E-state index in [0.717, 1.165) is 22.4 Å². The number of methoxy groups -OCH3 is 1. The Bertz CT molecular complexity index is 1850. The molecule has 6 rings (SSSR count). The van der Waals surface area contributed by atoms with Crippen molar-refractivity contribution in [2.45, 2.75) is 25.3 Å². The van der Waals surface area contributed by atoms with Crippen LogP contribution in [0.4, 0.5) is 4.79 Å². The van der Waals surface area contributed by atoms with Crippen LogP contribution in [0.15, 0.2) is 59.9 Å². The average molecular weight is 618 g/mol. The molecule has 1 aliphatic heterocycles. The Labute approximate surface area is 255 Å². The van der Waals surface area contributed by atoms with Gasteiger partial charge in [-0.1, -0.05) is 11.6 Å². The van der Waals surface area contributed by atoms with Crippen molar-refractivity contribution < 1.29 is 19.0 Å². The van der Waals surface area contributed by atoms with Crippen molar-refractivity contribution in [3.05, 3.63) is 87.6 Å². The summed E-state index contributed by atoms with van der Waals surface area (Å²) in [7, 11) is 1.60. The maximum atomic E-state index is 13.5. The van der Waals surface area contributed by atoms with E-state index in [9.17, 15) is 9.59 Å². The minimum atomic E-state index is -0.953. The lowest BCUT2D eigenvalue weighted by atomic mass is 10.0. The number of nitrogens with two attached hydrogens (primary N) is 1. The van der Waals surface area contributed by atoms with Gasteiger partial charge in [-0.2, -0.15) is 4.68 Å². The lowest BCUT2D eigenvalue weighted by Gasteiger charge is -2.15. The van der Waals surface area contributed by atoms with E-state index in [1.165, 1.54) is 11.0 Å². The number of fused-ring (bicyclic) bond motifs is 1. The third-order valence-electron chi connectivity index (χ3n) is 7.29. The maximum absolute atomic E-state index is 13.5. The molecule has 0 aliphatic carbocycles. The number of carbonyl (C=O) groups is 1. The van der Waals surface area contributed by atoms with Gasteiger partial charge in [-0.25, -0.2) is 14.8 Å². The SMILES string of the molecule is COCCOCCc1cc(-c2cnc([C@@H]3CCc4cc(-c5cc(Cl)ccc5-n5cnnn5)cc(=O)n43)[nH]2)cnc1OC(N)=O. The van der Waals surface area contributed by atoms with E-state index in [2.05, 4.69) is 30.5 Å². The number of aryl methyl sites for hydroxylation is 1. The van der Waals surface area contributed by atoms with Crippen molar-refractivity contribution in [3.63, 3.8) is 0 Å². The van der Waals surface area contributed by atoms with Crippen molar-refractivity contribution in [1.29, 1.82) is 0 Å². The van der Waals surface area contributed by atoms with E-state index in [4.69, 9.17) is 31.5 Å². The molecule has 1 aromatic carbocycles. The lowest BCUT2D eigenvalue weighted by Crippen LogP contribution is -2.23. The first kappa shape index (κ1) is 29.2. The van der Waals surface area contributed by atoms with Gasteiger partial charge in [-0.05, 0) is 59.2 Å². The third kappa shape index (κ3) is 6.08. The average Bonchev–Trinajstić information content (AvgIpc) is 3.79. The molecule has 5 aromatic rings. The molecule has 0 saturated carbocycles. The zero-order valence-corrected chi connectivity index (χ0v) is 24.4. The topological polar surface area (TPSA) is 178 Å². The standard InChI is InChI=1S/C29H28ClN9O5/c1-42-8-9-43-7-6-17-10-19(14-33-28(17)44-29(31)41)23-15-32-27(35-23)25-5-3-21-11-18(12-26(40)39(21)25)22-13-20(30)2-4-24(22)38-16-34-36-37-38/h2,4,10-16,25H,3,5-9H2,1H3,(H2,31,41)(H,32,35)/t25-/m0/s1. The molecule has 0 saturated heterocycles. The van der Waals surface area contributed by atoms with E-state index in [1.807, 2.05) is 18.2 Å².